The average Bonchev–Trinajstić information content (AvgIpc) is 3.01. The number of rotatable bonds is 2. The Labute approximate surface area is 101 Å². The van der Waals surface area contributed by atoms with Gasteiger partial charge in [-0.25, -0.2) is 0 Å². The second-order valence-corrected chi connectivity index (χ2v) is 5.18. The Kier molecular flexibility index (Phi) is 2.88. The quantitative estimate of drug-likeness (QED) is 0.846. The van der Waals surface area contributed by atoms with Crippen LogP contribution in [0, 0.1) is 0 Å². The summed E-state index contributed by atoms with van der Waals surface area (Å²) in [4.78, 5) is 4.54. The van der Waals surface area contributed by atoms with Gasteiger partial charge in [0.25, 0.3) is 0 Å². The van der Waals surface area contributed by atoms with Gasteiger partial charge < -0.3 is 14.6 Å². The van der Waals surface area contributed by atoms with Crippen LogP contribution in [0.5, 0.6) is 0 Å². The van der Waals surface area contributed by atoms with Crippen molar-refractivity contribution in [3.8, 4) is 0 Å². The highest BCUT2D eigenvalue weighted by molar-refractivity contribution is 5.04. The lowest BCUT2D eigenvalue weighted by Gasteiger charge is -2.30. The van der Waals surface area contributed by atoms with E-state index in [1.807, 2.05) is 0 Å². The van der Waals surface area contributed by atoms with Gasteiger partial charge >= 0.3 is 0 Å². The highest BCUT2D eigenvalue weighted by atomic mass is 16.5. The van der Waals surface area contributed by atoms with E-state index in [1.165, 1.54) is 6.42 Å². The standard InChI is InChI=1S/C12H19N3O2/c1-12(5-2-3-7-16-12)11-14-10(17-15-11)9-4-6-13-8-9/h9,13H,2-8H2,1H3. The predicted octanol–water partition coefficient (Wildman–Crippen LogP) is 1.56. The van der Waals surface area contributed by atoms with Crippen molar-refractivity contribution >= 4 is 0 Å². The lowest BCUT2D eigenvalue weighted by molar-refractivity contribution is -0.0770. The molecule has 2 unspecified atom stereocenters. The largest absolute Gasteiger partial charge is 0.367 e. The van der Waals surface area contributed by atoms with E-state index in [4.69, 9.17) is 9.26 Å². The predicted molar refractivity (Wildman–Crippen MR) is 61.7 cm³/mol. The van der Waals surface area contributed by atoms with Gasteiger partial charge in [-0.3, -0.25) is 0 Å². The summed E-state index contributed by atoms with van der Waals surface area (Å²) < 4.78 is 11.2. The summed E-state index contributed by atoms with van der Waals surface area (Å²) in [5.41, 5.74) is -0.341. The molecular formula is C12H19N3O2. The summed E-state index contributed by atoms with van der Waals surface area (Å²) in [6.07, 6.45) is 4.37. The van der Waals surface area contributed by atoms with Gasteiger partial charge in [-0.05, 0) is 39.2 Å². The van der Waals surface area contributed by atoms with E-state index < -0.39 is 0 Å². The molecule has 0 spiro atoms. The number of nitrogens with one attached hydrogen (secondary N) is 1. The number of hydrogen-bond donors (Lipinski definition) is 1. The molecule has 0 saturated carbocycles. The second kappa shape index (κ2) is 4.38. The molecule has 17 heavy (non-hydrogen) atoms. The first-order valence-corrected chi connectivity index (χ1v) is 6.47. The molecule has 5 heteroatoms. The Morgan fingerprint density at radius 3 is 3.06 bits per heavy atom. The van der Waals surface area contributed by atoms with E-state index in [0.717, 1.165) is 50.7 Å². The lowest BCUT2D eigenvalue weighted by atomic mass is 9.95. The number of ether oxygens (including phenoxy) is 1. The van der Waals surface area contributed by atoms with Gasteiger partial charge in [0.05, 0.1) is 5.92 Å². The number of hydrogen-bond acceptors (Lipinski definition) is 5. The topological polar surface area (TPSA) is 60.2 Å². The minimum absolute atomic E-state index is 0.341. The van der Waals surface area contributed by atoms with Crippen molar-refractivity contribution in [2.24, 2.45) is 0 Å². The summed E-state index contributed by atoms with van der Waals surface area (Å²) in [7, 11) is 0. The van der Waals surface area contributed by atoms with E-state index in [-0.39, 0.29) is 5.60 Å². The lowest BCUT2D eigenvalue weighted by Crippen LogP contribution is -2.31. The molecule has 2 aliphatic heterocycles. The molecule has 0 aliphatic carbocycles. The Balaban J connectivity index is 1.78. The average molecular weight is 237 g/mol. The summed E-state index contributed by atoms with van der Waals surface area (Å²) >= 11 is 0. The fourth-order valence-corrected chi connectivity index (χ4v) is 2.59. The molecule has 0 radical (unpaired) electrons. The second-order valence-electron chi connectivity index (χ2n) is 5.18. The van der Waals surface area contributed by atoms with E-state index >= 15 is 0 Å². The third kappa shape index (κ3) is 2.09. The van der Waals surface area contributed by atoms with E-state index in [1.54, 1.807) is 0 Å². The van der Waals surface area contributed by atoms with E-state index in [9.17, 15) is 0 Å². The van der Waals surface area contributed by atoms with Crippen LogP contribution >= 0.6 is 0 Å². The third-order valence-corrected chi connectivity index (χ3v) is 3.79. The van der Waals surface area contributed by atoms with Crippen LogP contribution in [-0.4, -0.2) is 29.8 Å². The molecule has 0 bridgehead atoms. The summed E-state index contributed by atoms with van der Waals surface area (Å²) in [5.74, 6) is 1.86. The van der Waals surface area contributed by atoms with Gasteiger partial charge in [0.1, 0.15) is 5.60 Å². The Bertz CT molecular complexity index is 379. The SMILES string of the molecule is CC1(c2noc(C3CCNC3)n2)CCCCO1. The van der Waals surface area contributed by atoms with Gasteiger partial charge in [0, 0.05) is 13.2 Å². The Morgan fingerprint density at radius 2 is 2.35 bits per heavy atom. The zero-order valence-electron chi connectivity index (χ0n) is 10.2. The monoisotopic (exact) mass is 237 g/mol. The molecule has 2 aliphatic rings. The molecule has 0 aromatic carbocycles. The molecule has 1 N–H and O–H groups in total. The first-order chi connectivity index (χ1) is 8.28. The fraction of sp³-hybridized carbons (Fsp3) is 0.833. The van der Waals surface area contributed by atoms with E-state index in [2.05, 4.69) is 22.4 Å². The van der Waals surface area contributed by atoms with Crippen LogP contribution in [0.25, 0.3) is 0 Å². The van der Waals surface area contributed by atoms with Crippen molar-refractivity contribution in [2.45, 2.75) is 44.1 Å². The molecule has 2 saturated heterocycles. The van der Waals surface area contributed by atoms with Crippen molar-refractivity contribution < 1.29 is 9.26 Å². The summed E-state index contributed by atoms with van der Waals surface area (Å²) in [5, 5.41) is 7.43. The molecule has 1 aromatic heterocycles. The third-order valence-electron chi connectivity index (χ3n) is 3.79. The van der Waals surface area contributed by atoms with Crippen LogP contribution in [0.3, 0.4) is 0 Å². The van der Waals surface area contributed by atoms with Crippen molar-refractivity contribution in [1.29, 1.82) is 0 Å². The molecule has 3 rings (SSSR count). The first-order valence-electron chi connectivity index (χ1n) is 6.47. The molecule has 1 aromatic rings. The van der Waals surface area contributed by atoms with Crippen LogP contribution in [-0.2, 0) is 10.3 Å². The van der Waals surface area contributed by atoms with Crippen LogP contribution in [0.2, 0.25) is 0 Å². The van der Waals surface area contributed by atoms with Crippen molar-refractivity contribution in [2.75, 3.05) is 19.7 Å². The zero-order valence-corrected chi connectivity index (χ0v) is 10.2. The van der Waals surface area contributed by atoms with Crippen molar-refractivity contribution in [3.63, 3.8) is 0 Å². The maximum atomic E-state index is 5.83. The maximum Gasteiger partial charge on any atom is 0.231 e. The van der Waals surface area contributed by atoms with Crippen LogP contribution < -0.4 is 5.32 Å². The van der Waals surface area contributed by atoms with E-state index in [0.29, 0.717) is 5.92 Å². The van der Waals surface area contributed by atoms with Gasteiger partial charge in [-0.1, -0.05) is 5.16 Å². The Morgan fingerprint density at radius 1 is 1.41 bits per heavy atom. The minimum atomic E-state index is -0.341. The maximum absolute atomic E-state index is 5.83. The van der Waals surface area contributed by atoms with Crippen molar-refractivity contribution in [3.05, 3.63) is 11.7 Å². The smallest absolute Gasteiger partial charge is 0.231 e. The zero-order chi connectivity index (χ0) is 11.7. The Hall–Kier alpha value is -0.940. The molecule has 2 fully saturated rings. The molecule has 94 valence electrons. The van der Waals surface area contributed by atoms with Gasteiger partial charge in [0.2, 0.25) is 11.7 Å². The van der Waals surface area contributed by atoms with Crippen LogP contribution in [0.4, 0.5) is 0 Å². The summed E-state index contributed by atoms with van der Waals surface area (Å²) in [6, 6.07) is 0. The van der Waals surface area contributed by atoms with Crippen LogP contribution in [0.15, 0.2) is 4.52 Å². The summed E-state index contributed by atoms with van der Waals surface area (Å²) in [6.45, 7) is 4.84. The minimum Gasteiger partial charge on any atom is -0.367 e. The number of nitrogens with zero attached hydrogens (tertiary/aromatic N) is 2. The van der Waals surface area contributed by atoms with Gasteiger partial charge in [-0.15, -0.1) is 0 Å². The highest BCUT2D eigenvalue weighted by Crippen LogP contribution is 2.33. The molecular weight excluding hydrogens is 218 g/mol. The normalized spacial score (nSPS) is 34.1. The van der Waals surface area contributed by atoms with Crippen LogP contribution in [0.1, 0.15) is 50.2 Å². The highest BCUT2D eigenvalue weighted by Gasteiger charge is 2.36. The molecule has 5 nitrogen and oxygen atoms in total. The number of aromatic nitrogens is 2. The molecule has 0 amide bonds. The van der Waals surface area contributed by atoms with Gasteiger partial charge in [-0.2, -0.15) is 4.98 Å². The van der Waals surface area contributed by atoms with Crippen molar-refractivity contribution in [1.82, 2.24) is 15.5 Å². The van der Waals surface area contributed by atoms with Gasteiger partial charge in [0.15, 0.2) is 0 Å². The first kappa shape index (κ1) is 11.2. The fourth-order valence-electron chi connectivity index (χ4n) is 2.59. The molecule has 2 atom stereocenters. The molecule has 3 heterocycles.